The Morgan fingerprint density at radius 1 is 1.25 bits per heavy atom. The van der Waals surface area contributed by atoms with Crippen LogP contribution in [0.5, 0.6) is 5.75 Å². The lowest BCUT2D eigenvalue weighted by molar-refractivity contribution is 0.0693. The van der Waals surface area contributed by atoms with E-state index in [1.165, 1.54) is 18.2 Å². The molecule has 0 aliphatic carbocycles. The van der Waals surface area contributed by atoms with Crippen LogP contribution in [0.3, 0.4) is 0 Å². The van der Waals surface area contributed by atoms with Crippen molar-refractivity contribution in [1.29, 1.82) is 0 Å². The van der Waals surface area contributed by atoms with E-state index in [0.717, 1.165) is 0 Å². The minimum absolute atomic E-state index is 0.242. The number of phenols is 1. The average Bonchev–Trinajstić information content (AvgIpc) is 2.84. The predicted octanol–water partition coefficient (Wildman–Crippen LogP) is 2.95. The number of fused-ring (bicyclic) bond motifs is 1. The highest BCUT2D eigenvalue weighted by molar-refractivity contribution is 6.30. The van der Waals surface area contributed by atoms with Gasteiger partial charge in [0, 0.05) is 11.9 Å². The molecule has 0 spiro atoms. The first-order valence-corrected chi connectivity index (χ1v) is 7.26. The van der Waals surface area contributed by atoms with E-state index in [2.05, 4.69) is 10.3 Å². The lowest BCUT2D eigenvalue weighted by Gasteiger charge is -2.08. The van der Waals surface area contributed by atoms with Crippen LogP contribution in [-0.2, 0) is 0 Å². The van der Waals surface area contributed by atoms with Gasteiger partial charge in [-0.15, -0.1) is 0 Å². The summed E-state index contributed by atoms with van der Waals surface area (Å²) in [6.45, 7) is 1.69. The first-order chi connectivity index (χ1) is 11.4. The van der Waals surface area contributed by atoms with E-state index in [1.54, 1.807) is 29.7 Å². The number of nitrogens with one attached hydrogen (secondary N) is 1. The number of hydrogen-bond donors (Lipinski definition) is 3. The van der Waals surface area contributed by atoms with Gasteiger partial charge in [-0.3, -0.25) is 9.20 Å². The predicted molar refractivity (Wildman–Crippen MR) is 88.0 cm³/mol. The van der Waals surface area contributed by atoms with Crippen LogP contribution in [0.25, 0.3) is 5.65 Å². The number of nitrogens with zero attached hydrogens (tertiary/aromatic N) is 2. The minimum atomic E-state index is -1.29. The quantitative estimate of drug-likeness (QED) is 0.633. The van der Waals surface area contributed by atoms with Crippen molar-refractivity contribution in [3.63, 3.8) is 0 Å². The number of carbonyl (C=O) groups is 2. The molecule has 3 N–H and O–H groups in total. The molecule has 0 atom stereocenters. The van der Waals surface area contributed by atoms with E-state index < -0.39 is 11.9 Å². The normalized spacial score (nSPS) is 10.8. The summed E-state index contributed by atoms with van der Waals surface area (Å²) in [5.41, 5.74) is 1.31. The molecule has 7 nitrogen and oxygen atoms in total. The molecule has 8 heteroatoms. The highest BCUT2D eigenvalue weighted by Crippen LogP contribution is 2.23. The zero-order chi connectivity index (χ0) is 17.4. The molecule has 3 rings (SSSR count). The van der Waals surface area contributed by atoms with Gasteiger partial charge in [0.15, 0.2) is 0 Å². The number of carboxylic acids is 1. The number of aromatic nitrogens is 2. The molecule has 2 aromatic heterocycles. The molecule has 0 aliphatic rings. The summed E-state index contributed by atoms with van der Waals surface area (Å²) in [6, 6.07) is 7.16. The van der Waals surface area contributed by atoms with Crippen molar-refractivity contribution in [1.82, 2.24) is 9.38 Å². The second kappa shape index (κ2) is 5.86. The van der Waals surface area contributed by atoms with E-state index in [-0.39, 0.29) is 22.7 Å². The Morgan fingerprint density at radius 3 is 2.71 bits per heavy atom. The molecule has 0 saturated heterocycles. The summed E-state index contributed by atoms with van der Waals surface area (Å²) in [4.78, 5) is 27.9. The number of aromatic carboxylic acids is 1. The van der Waals surface area contributed by atoms with E-state index >= 15 is 0 Å². The number of hydrogen-bond acceptors (Lipinski definition) is 4. The van der Waals surface area contributed by atoms with E-state index in [1.807, 2.05) is 0 Å². The third-order valence-corrected chi connectivity index (χ3v) is 3.68. The maximum absolute atomic E-state index is 12.6. The summed E-state index contributed by atoms with van der Waals surface area (Å²) in [7, 11) is 0. The summed E-state index contributed by atoms with van der Waals surface area (Å²) < 4.78 is 1.56. The van der Waals surface area contributed by atoms with Gasteiger partial charge in [0.1, 0.15) is 22.7 Å². The molecule has 0 saturated carbocycles. The smallest absolute Gasteiger partial charge is 0.339 e. The Labute approximate surface area is 141 Å². The van der Waals surface area contributed by atoms with Crippen LogP contribution in [-0.4, -0.2) is 31.5 Å². The highest BCUT2D eigenvalue weighted by atomic mass is 35.5. The van der Waals surface area contributed by atoms with Gasteiger partial charge in [0.05, 0.1) is 10.7 Å². The number of aromatic hydroxyl groups is 1. The number of rotatable bonds is 3. The second-order valence-corrected chi connectivity index (χ2v) is 5.55. The third-order valence-electron chi connectivity index (χ3n) is 3.46. The fraction of sp³-hybridized carbons (Fsp3) is 0.0625. The van der Waals surface area contributed by atoms with E-state index in [9.17, 15) is 14.7 Å². The van der Waals surface area contributed by atoms with Crippen molar-refractivity contribution >= 4 is 34.8 Å². The van der Waals surface area contributed by atoms with Gasteiger partial charge in [0.2, 0.25) is 0 Å². The molecule has 0 radical (unpaired) electrons. The van der Waals surface area contributed by atoms with Crippen molar-refractivity contribution in [3.05, 3.63) is 58.5 Å². The molecule has 24 heavy (non-hydrogen) atoms. The van der Waals surface area contributed by atoms with Gasteiger partial charge < -0.3 is 15.5 Å². The molecule has 1 amide bonds. The fourth-order valence-corrected chi connectivity index (χ4v) is 2.55. The number of carboxylic acid groups (broad SMARTS) is 1. The van der Waals surface area contributed by atoms with Crippen LogP contribution >= 0.6 is 11.6 Å². The van der Waals surface area contributed by atoms with Crippen molar-refractivity contribution in [2.75, 3.05) is 5.32 Å². The zero-order valence-corrected chi connectivity index (χ0v) is 13.2. The molecule has 122 valence electrons. The van der Waals surface area contributed by atoms with E-state index in [4.69, 9.17) is 16.7 Å². The molecular weight excluding hydrogens is 334 g/mol. The van der Waals surface area contributed by atoms with Gasteiger partial charge >= 0.3 is 5.97 Å². The van der Waals surface area contributed by atoms with Crippen molar-refractivity contribution in [2.24, 2.45) is 0 Å². The molecule has 0 bridgehead atoms. The lowest BCUT2D eigenvalue weighted by Crippen LogP contribution is -2.16. The Bertz CT molecular complexity index is 981. The van der Waals surface area contributed by atoms with Crippen LogP contribution < -0.4 is 5.32 Å². The topological polar surface area (TPSA) is 104 Å². The van der Waals surface area contributed by atoms with Crippen molar-refractivity contribution in [3.8, 4) is 5.75 Å². The largest absolute Gasteiger partial charge is 0.507 e. The molecule has 3 aromatic rings. The Morgan fingerprint density at radius 2 is 2.00 bits per heavy atom. The third kappa shape index (κ3) is 2.77. The molecule has 0 unspecified atom stereocenters. The summed E-state index contributed by atoms with van der Waals surface area (Å²) in [5, 5.41) is 21.6. The first-order valence-electron chi connectivity index (χ1n) is 6.88. The Hall–Kier alpha value is -3.06. The van der Waals surface area contributed by atoms with Crippen LogP contribution in [0.1, 0.15) is 26.5 Å². The number of anilines is 1. The maximum atomic E-state index is 12.6. The summed E-state index contributed by atoms with van der Waals surface area (Å²) in [6.07, 6.45) is 1.57. The fourth-order valence-electron chi connectivity index (χ4n) is 2.39. The number of amides is 1. The SMILES string of the molecule is Cc1nc2ccc(Cl)cn2c1C(=O)Nc1ccc(O)c(C(=O)O)c1. The number of halogens is 1. The number of benzene rings is 1. The van der Waals surface area contributed by atoms with Crippen molar-refractivity contribution in [2.45, 2.75) is 6.92 Å². The number of imidazole rings is 1. The van der Waals surface area contributed by atoms with Crippen LogP contribution in [0.4, 0.5) is 5.69 Å². The van der Waals surface area contributed by atoms with Gasteiger partial charge in [0.25, 0.3) is 5.91 Å². The van der Waals surface area contributed by atoms with Gasteiger partial charge in [-0.05, 0) is 37.3 Å². The lowest BCUT2D eigenvalue weighted by atomic mass is 10.1. The zero-order valence-electron chi connectivity index (χ0n) is 12.4. The molecule has 0 fully saturated rings. The number of pyridine rings is 1. The van der Waals surface area contributed by atoms with Gasteiger partial charge in [-0.1, -0.05) is 11.6 Å². The summed E-state index contributed by atoms with van der Waals surface area (Å²) in [5.74, 6) is -2.14. The highest BCUT2D eigenvalue weighted by Gasteiger charge is 2.18. The Kier molecular flexibility index (Phi) is 3.86. The minimum Gasteiger partial charge on any atom is -0.507 e. The standard InChI is InChI=1S/C16H12ClN3O4/c1-8-14(20-7-9(17)2-5-13(20)18-8)15(22)19-10-3-4-12(21)11(6-10)16(23)24/h2-7,21H,1H3,(H,19,22)(H,23,24). The van der Waals surface area contributed by atoms with Gasteiger partial charge in [-0.25, -0.2) is 9.78 Å². The van der Waals surface area contributed by atoms with Gasteiger partial charge in [-0.2, -0.15) is 0 Å². The second-order valence-electron chi connectivity index (χ2n) is 5.11. The average molecular weight is 346 g/mol. The monoisotopic (exact) mass is 345 g/mol. The molecule has 1 aromatic carbocycles. The van der Waals surface area contributed by atoms with Crippen molar-refractivity contribution < 1.29 is 19.8 Å². The molecule has 2 heterocycles. The number of carbonyl (C=O) groups excluding carboxylic acids is 1. The number of aryl methyl sites for hydroxylation is 1. The molecule has 0 aliphatic heterocycles. The van der Waals surface area contributed by atoms with Crippen LogP contribution in [0.15, 0.2) is 36.5 Å². The van der Waals surface area contributed by atoms with Crippen LogP contribution in [0, 0.1) is 6.92 Å². The van der Waals surface area contributed by atoms with Crippen LogP contribution in [0.2, 0.25) is 5.02 Å². The maximum Gasteiger partial charge on any atom is 0.339 e. The Balaban J connectivity index is 1.99. The first kappa shape index (κ1) is 15.8. The molecular formula is C16H12ClN3O4. The van der Waals surface area contributed by atoms with E-state index in [0.29, 0.717) is 16.4 Å². The summed E-state index contributed by atoms with van der Waals surface area (Å²) >= 11 is 5.96.